The largest absolute Gasteiger partial charge is 0.496 e. The fourth-order valence-corrected chi connectivity index (χ4v) is 5.00. The van der Waals surface area contributed by atoms with E-state index in [2.05, 4.69) is 10.6 Å². The summed E-state index contributed by atoms with van der Waals surface area (Å²) in [5.41, 5.74) is 2.58. The zero-order valence-electron chi connectivity index (χ0n) is 22.7. The number of anilines is 2. The van der Waals surface area contributed by atoms with E-state index < -0.39 is 6.09 Å². The van der Waals surface area contributed by atoms with Crippen molar-refractivity contribution in [1.82, 2.24) is 5.32 Å². The van der Waals surface area contributed by atoms with Crippen LogP contribution in [0.25, 0.3) is 0 Å². The summed E-state index contributed by atoms with van der Waals surface area (Å²) in [4.78, 5) is 39.9. The SMILES string of the molecule is CCOC(=O)NCCOC1CCCN(C(=O)c2ccc(NC(=O)c3ccccc3Cl)cc2OC)c2ccc(Cl)cc21. The molecule has 2 N–H and O–H groups in total. The van der Waals surface area contributed by atoms with Gasteiger partial charge >= 0.3 is 6.09 Å². The van der Waals surface area contributed by atoms with Gasteiger partial charge < -0.3 is 29.7 Å². The second-order valence-electron chi connectivity index (χ2n) is 9.16. The molecular formula is C30H31Cl2N3O6. The number of halogens is 2. The average molecular weight is 600 g/mol. The Morgan fingerprint density at radius 1 is 1.02 bits per heavy atom. The molecule has 1 heterocycles. The van der Waals surface area contributed by atoms with Crippen LogP contribution in [-0.4, -0.2) is 51.3 Å². The first-order valence-corrected chi connectivity index (χ1v) is 14.0. The monoisotopic (exact) mass is 599 g/mol. The number of carbonyl (C=O) groups is 3. The number of nitrogens with one attached hydrogen (secondary N) is 2. The normalized spacial score (nSPS) is 14.4. The van der Waals surface area contributed by atoms with Gasteiger partial charge in [0.2, 0.25) is 0 Å². The molecule has 216 valence electrons. The minimum atomic E-state index is -0.499. The molecule has 3 aromatic carbocycles. The number of hydrogen-bond donors (Lipinski definition) is 2. The number of benzene rings is 3. The summed E-state index contributed by atoms with van der Waals surface area (Å²) in [6, 6.07) is 17.0. The Morgan fingerprint density at radius 2 is 1.83 bits per heavy atom. The number of fused-ring (bicyclic) bond motifs is 1. The van der Waals surface area contributed by atoms with Gasteiger partial charge in [-0.3, -0.25) is 9.59 Å². The number of nitrogens with zero attached hydrogens (tertiary/aromatic N) is 1. The molecule has 41 heavy (non-hydrogen) atoms. The Bertz CT molecular complexity index is 1420. The lowest BCUT2D eigenvalue weighted by Gasteiger charge is -2.25. The van der Waals surface area contributed by atoms with Crippen LogP contribution in [0.3, 0.4) is 0 Å². The van der Waals surface area contributed by atoms with Crippen LogP contribution in [0.15, 0.2) is 60.7 Å². The van der Waals surface area contributed by atoms with E-state index in [0.717, 1.165) is 5.56 Å². The third-order valence-corrected chi connectivity index (χ3v) is 7.06. The van der Waals surface area contributed by atoms with E-state index in [9.17, 15) is 14.4 Å². The highest BCUT2D eigenvalue weighted by atomic mass is 35.5. The predicted octanol–water partition coefficient (Wildman–Crippen LogP) is 6.50. The quantitative estimate of drug-likeness (QED) is 0.272. The van der Waals surface area contributed by atoms with Crippen molar-refractivity contribution < 1.29 is 28.6 Å². The zero-order chi connectivity index (χ0) is 29.4. The van der Waals surface area contributed by atoms with Gasteiger partial charge in [0.25, 0.3) is 11.8 Å². The summed E-state index contributed by atoms with van der Waals surface area (Å²) in [5, 5.41) is 6.30. The smallest absolute Gasteiger partial charge is 0.407 e. The van der Waals surface area contributed by atoms with Crippen LogP contribution in [0.4, 0.5) is 16.2 Å². The standard InChI is InChI=1S/C30H31Cl2N3O6/c1-3-40-30(38)33-14-16-41-26-9-6-15-35(25-13-10-19(31)17-23(25)26)29(37)22-12-11-20(18-27(22)39-2)34-28(36)21-7-4-5-8-24(21)32/h4-5,7-8,10-13,17-18,26H,3,6,9,14-16H2,1-2H3,(H,33,38)(H,34,36). The summed E-state index contributed by atoms with van der Waals surface area (Å²) < 4.78 is 16.5. The highest BCUT2D eigenvalue weighted by Gasteiger charge is 2.29. The zero-order valence-corrected chi connectivity index (χ0v) is 24.3. The topological polar surface area (TPSA) is 106 Å². The molecule has 0 aliphatic carbocycles. The van der Waals surface area contributed by atoms with E-state index in [1.54, 1.807) is 72.5 Å². The Balaban J connectivity index is 1.53. The summed E-state index contributed by atoms with van der Waals surface area (Å²) in [6.07, 6.45) is 0.499. The Kier molecular flexibility index (Phi) is 10.5. The first-order chi connectivity index (χ1) is 19.8. The van der Waals surface area contributed by atoms with Crippen molar-refractivity contribution in [3.63, 3.8) is 0 Å². The van der Waals surface area contributed by atoms with Crippen LogP contribution in [0.5, 0.6) is 5.75 Å². The van der Waals surface area contributed by atoms with Crippen molar-refractivity contribution in [3.05, 3.63) is 87.4 Å². The maximum Gasteiger partial charge on any atom is 0.407 e. The number of methoxy groups -OCH3 is 1. The molecule has 0 saturated carbocycles. The highest BCUT2D eigenvalue weighted by Crippen LogP contribution is 2.38. The lowest BCUT2D eigenvalue weighted by atomic mass is 10.0. The fourth-order valence-electron chi connectivity index (χ4n) is 4.60. The van der Waals surface area contributed by atoms with Gasteiger partial charge in [0.15, 0.2) is 0 Å². The first-order valence-electron chi connectivity index (χ1n) is 13.2. The Hall–Kier alpha value is -3.79. The molecule has 0 aromatic heterocycles. The lowest BCUT2D eigenvalue weighted by Crippen LogP contribution is -2.32. The van der Waals surface area contributed by atoms with E-state index in [-0.39, 0.29) is 37.7 Å². The number of amides is 3. The molecule has 1 aliphatic rings. The number of alkyl carbamates (subject to hydrolysis) is 1. The third-order valence-electron chi connectivity index (χ3n) is 6.49. The van der Waals surface area contributed by atoms with E-state index in [4.69, 9.17) is 37.4 Å². The van der Waals surface area contributed by atoms with Gasteiger partial charge in [-0.05, 0) is 62.2 Å². The van der Waals surface area contributed by atoms with Gasteiger partial charge in [0.05, 0.1) is 42.6 Å². The van der Waals surface area contributed by atoms with Crippen LogP contribution in [-0.2, 0) is 9.47 Å². The van der Waals surface area contributed by atoms with Gasteiger partial charge in [0.1, 0.15) is 5.75 Å². The number of ether oxygens (including phenoxy) is 3. The van der Waals surface area contributed by atoms with Gasteiger partial charge in [-0.25, -0.2) is 4.79 Å². The summed E-state index contributed by atoms with van der Waals surface area (Å²) >= 11 is 12.5. The molecular weight excluding hydrogens is 569 g/mol. The molecule has 0 radical (unpaired) electrons. The molecule has 4 rings (SSSR count). The third kappa shape index (κ3) is 7.49. The van der Waals surface area contributed by atoms with Crippen LogP contribution < -0.4 is 20.3 Å². The minimum absolute atomic E-state index is 0.262. The molecule has 0 fully saturated rings. The molecule has 1 atom stereocenters. The van der Waals surface area contributed by atoms with Gasteiger partial charge in [-0.2, -0.15) is 0 Å². The summed E-state index contributed by atoms with van der Waals surface area (Å²) in [6.45, 7) is 3.01. The molecule has 0 saturated heterocycles. The maximum absolute atomic E-state index is 13.9. The summed E-state index contributed by atoms with van der Waals surface area (Å²) in [7, 11) is 1.47. The molecule has 3 amide bonds. The maximum atomic E-state index is 13.9. The molecule has 3 aromatic rings. The Morgan fingerprint density at radius 3 is 2.59 bits per heavy atom. The van der Waals surface area contributed by atoms with Crippen molar-refractivity contribution in [2.24, 2.45) is 0 Å². The number of rotatable bonds is 9. The van der Waals surface area contributed by atoms with Crippen LogP contribution in [0.1, 0.15) is 52.1 Å². The van der Waals surface area contributed by atoms with Crippen LogP contribution in [0.2, 0.25) is 10.0 Å². The average Bonchev–Trinajstić information content (AvgIpc) is 3.14. The molecule has 1 unspecified atom stereocenters. The van der Waals surface area contributed by atoms with E-state index in [1.165, 1.54) is 7.11 Å². The van der Waals surface area contributed by atoms with Crippen molar-refractivity contribution >= 4 is 52.5 Å². The van der Waals surface area contributed by atoms with Crippen molar-refractivity contribution in [2.45, 2.75) is 25.9 Å². The van der Waals surface area contributed by atoms with E-state index in [1.807, 2.05) is 0 Å². The Labute approximate surface area is 248 Å². The molecule has 1 aliphatic heterocycles. The van der Waals surface area contributed by atoms with Crippen LogP contribution in [0, 0.1) is 0 Å². The lowest BCUT2D eigenvalue weighted by molar-refractivity contribution is 0.0484. The summed E-state index contributed by atoms with van der Waals surface area (Å²) in [5.74, 6) is -0.331. The van der Waals surface area contributed by atoms with E-state index in [0.29, 0.717) is 57.7 Å². The van der Waals surface area contributed by atoms with Crippen molar-refractivity contribution in [3.8, 4) is 5.75 Å². The van der Waals surface area contributed by atoms with Gasteiger partial charge in [-0.1, -0.05) is 35.3 Å². The second-order valence-corrected chi connectivity index (χ2v) is 10.0. The first kappa shape index (κ1) is 30.2. The highest BCUT2D eigenvalue weighted by molar-refractivity contribution is 6.34. The number of hydrogen-bond acceptors (Lipinski definition) is 6. The van der Waals surface area contributed by atoms with Gasteiger partial charge in [0, 0.05) is 41.1 Å². The fraction of sp³-hybridized carbons (Fsp3) is 0.300. The van der Waals surface area contributed by atoms with Crippen molar-refractivity contribution in [2.75, 3.05) is 43.6 Å². The second kappa shape index (κ2) is 14.2. The predicted molar refractivity (Wildman–Crippen MR) is 158 cm³/mol. The minimum Gasteiger partial charge on any atom is -0.496 e. The molecule has 11 heteroatoms. The van der Waals surface area contributed by atoms with Crippen molar-refractivity contribution in [1.29, 1.82) is 0 Å². The van der Waals surface area contributed by atoms with Gasteiger partial charge in [-0.15, -0.1) is 0 Å². The molecule has 0 bridgehead atoms. The molecule has 9 nitrogen and oxygen atoms in total. The van der Waals surface area contributed by atoms with E-state index >= 15 is 0 Å². The van der Waals surface area contributed by atoms with Crippen LogP contribution >= 0.6 is 23.2 Å². The number of carbonyl (C=O) groups excluding carboxylic acids is 3. The molecule has 0 spiro atoms.